The number of hydrogen-bond donors (Lipinski definition) is 1. The minimum Gasteiger partial charge on any atom is -0.381 e. The fourth-order valence-corrected chi connectivity index (χ4v) is 1.97. The highest BCUT2D eigenvalue weighted by Gasteiger charge is 2.17. The first-order valence-corrected chi connectivity index (χ1v) is 6.27. The van der Waals surface area contributed by atoms with Crippen molar-refractivity contribution in [2.24, 2.45) is 5.92 Å². The second-order valence-corrected chi connectivity index (χ2v) is 4.92. The molecule has 1 N–H and O–H groups in total. The average Bonchev–Trinajstić information content (AvgIpc) is 2.82. The summed E-state index contributed by atoms with van der Waals surface area (Å²) in [6.07, 6.45) is 0.967. The van der Waals surface area contributed by atoms with E-state index >= 15 is 0 Å². The van der Waals surface area contributed by atoms with Crippen molar-refractivity contribution in [1.82, 2.24) is 5.32 Å². The van der Waals surface area contributed by atoms with Crippen LogP contribution in [0.3, 0.4) is 0 Å². The Hall–Kier alpha value is -0.940. The molecule has 92 valence electrons. The Morgan fingerprint density at radius 2 is 2.41 bits per heavy atom. The molecule has 1 aromatic carbocycles. The van der Waals surface area contributed by atoms with Gasteiger partial charge in [-0.15, -0.1) is 0 Å². The Labute approximate surface area is 107 Å². The Kier molecular flexibility index (Phi) is 4.12. The number of benzene rings is 1. The summed E-state index contributed by atoms with van der Waals surface area (Å²) in [4.78, 5) is 11.7. The molecule has 0 spiro atoms. The van der Waals surface area contributed by atoms with Crippen molar-refractivity contribution in [3.8, 4) is 0 Å². The molecule has 2 rings (SSSR count). The highest BCUT2D eigenvalue weighted by molar-refractivity contribution is 9.10. The van der Waals surface area contributed by atoms with Crippen LogP contribution in [0.1, 0.15) is 16.8 Å². The molecule has 17 heavy (non-hydrogen) atoms. The smallest absolute Gasteiger partial charge is 0.251 e. The molecule has 1 atom stereocenters. The summed E-state index contributed by atoms with van der Waals surface area (Å²) in [5.74, 6) is -0.301. The topological polar surface area (TPSA) is 38.3 Å². The van der Waals surface area contributed by atoms with Gasteiger partial charge in [-0.1, -0.05) is 0 Å². The molecule has 1 aliphatic heterocycles. The van der Waals surface area contributed by atoms with Gasteiger partial charge in [-0.3, -0.25) is 4.79 Å². The van der Waals surface area contributed by atoms with Crippen LogP contribution in [0.5, 0.6) is 0 Å². The van der Waals surface area contributed by atoms with E-state index in [9.17, 15) is 9.18 Å². The van der Waals surface area contributed by atoms with Crippen molar-refractivity contribution in [1.29, 1.82) is 0 Å². The largest absolute Gasteiger partial charge is 0.381 e. The van der Waals surface area contributed by atoms with Crippen LogP contribution in [-0.4, -0.2) is 25.7 Å². The third-order valence-electron chi connectivity index (χ3n) is 2.76. The van der Waals surface area contributed by atoms with E-state index in [1.807, 2.05) is 0 Å². The molecular weight excluding hydrogens is 289 g/mol. The van der Waals surface area contributed by atoms with Gasteiger partial charge in [0.2, 0.25) is 0 Å². The summed E-state index contributed by atoms with van der Waals surface area (Å²) in [7, 11) is 0. The minimum atomic E-state index is -0.429. The Balaban J connectivity index is 1.92. The quantitative estimate of drug-likeness (QED) is 0.931. The van der Waals surface area contributed by atoms with E-state index in [0.717, 1.165) is 13.0 Å². The molecule has 3 nitrogen and oxygen atoms in total. The molecule has 1 aliphatic rings. The summed E-state index contributed by atoms with van der Waals surface area (Å²) in [6.45, 7) is 2.03. The highest BCUT2D eigenvalue weighted by Crippen LogP contribution is 2.16. The van der Waals surface area contributed by atoms with Gasteiger partial charge in [-0.25, -0.2) is 4.39 Å². The lowest BCUT2D eigenvalue weighted by atomic mass is 10.1. The van der Waals surface area contributed by atoms with Crippen LogP contribution >= 0.6 is 15.9 Å². The van der Waals surface area contributed by atoms with Gasteiger partial charge in [-0.2, -0.15) is 0 Å². The molecule has 0 saturated carbocycles. The van der Waals surface area contributed by atoms with Crippen LogP contribution < -0.4 is 5.32 Å². The highest BCUT2D eigenvalue weighted by atomic mass is 79.9. The molecule has 1 amide bonds. The second-order valence-electron chi connectivity index (χ2n) is 4.07. The normalized spacial score (nSPS) is 19.3. The van der Waals surface area contributed by atoms with E-state index in [2.05, 4.69) is 21.2 Å². The van der Waals surface area contributed by atoms with E-state index < -0.39 is 5.82 Å². The van der Waals surface area contributed by atoms with E-state index in [1.165, 1.54) is 12.1 Å². The lowest BCUT2D eigenvalue weighted by Crippen LogP contribution is -2.29. The van der Waals surface area contributed by atoms with Crippen molar-refractivity contribution < 1.29 is 13.9 Å². The first-order chi connectivity index (χ1) is 8.16. The number of halogens is 2. The predicted octanol–water partition coefficient (Wildman–Crippen LogP) is 2.35. The Morgan fingerprint density at radius 1 is 1.59 bits per heavy atom. The number of hydrogen-bond acceptors (Lipinski definition) is 2. The van der Waals surface area contributed by atoms with E-state index in [0.29, 0.717) is 29.1 Å². The summed E-state index contributed by atoms with van der Waals surface area (Å²) in [5, 5.41) is 2.79. The number of carbonyl (C=O) groups is 1. The third kappa shape index (κ3) is 3.26. The molecular formula is C12H13BrFNO2. The zero-order valence-corrected chi connectivity index (χ0v) is 10.8. The number of carbonyl (C=O) groups excluding carboxylic acids is 1. The summed E-state index contributed by atoms with van der Waals surface area (Å²) in [5.41, 5.74) is 0.338. The molecule has 1 saturated heterocycles. The maximum atomic E-state index is 13.2. The fourth-order valence-electron chi connectivity index (χ4n) is 1.72. The zero-order valence-electron chi connectivity index (χ0n) is 9.21. The van der Waals surface area contributed by atoms with E-state index in [4.69, 9.17) is 4.74 Å². The maximum absolute atomic E-state index is 13.2. The fraction of sp³-hybridized carbons (Fsp3) is 0.417. The molecule has 1 heterocycles. The monoisotopic (exact) mass is 301 g/mol. The van der Waals surface area contributed by atoms with Gasteiger partial charge in [0.05, 0.1) is 11.1 Å². The first kappa shape index (κ1) is 12.5. The lowest BCUT2D eigenvalue weighted by Gasteiger charge is -2.09. The molecule has 1 fully saturated rings. The standard InChI is InChI=1S/C12H13BrFNO2/c13-10-2-1-9(5-11(10)14)12(16)15-6-8-3-4-17-7-8/h1-2,5,8H,3-4,6-7H2,(H,15,16). The maximum Gasteiger partial charge on any atom is 0.251 e. The molecule has 0 bridgehead atoms. The minimum absolute atomic E-state index is 0.247. The van der Waals surface area contributed by atoms with Gasteiger partial charge in [-0.05, 0) is 40.5 Å². The van der Waals surface area contributed by atoms with Crippen molar-refractivity contribution in [3.05, 3.63) is 34.1 Å². The summed E-state index contributed by atoms with van der Waals surface area (Å²) >= 11 is 3.05. The van der Waals surface area contributed by atoms with Crippen LogP contribution in [0.25, 0.3) is 0 Å². The van der Waals surface area contributed by atoms with Gasteiger partial charge >= 0.3 is 0 Å². The van der Waals surface area contributed by atoms with E-state index in [-0.39, 0.29) is 5.91 Å². The molecule has 0 aliphatic carbocycles. The van der Waals surface area contributed by atoms with Gasteiger partial charge in [0.25, 0.3) is 5.91 Å². The Bertz CT molecular complexity index is 419. The summed E-state index contributed by atoms with van der Waals surface area (Å²) < 4.78 is 18.8. The van der Waals surface area contributed by atoms with Crippen molar-refractivity contribution in [2.75, 3.05) is 19.8 Å². The lowest BCUT2D eigenvalue weighted by molar-refractivity contribution is 0.0944. The van der Waals surface area contributed by atoms with E-state index in [1.54, 1.807) is 6.07 Å². The number of ether oxygens (including phenoxy) is 1. The van der Waals surface area contributed by atoms with Crippen LogP contribution in [0.2, 0.25) is 0 Å². The van der Waals surface area contributed by atoms with Crippen molar-refractivity contribution in [2.45, 2.75) is 6.42 Å². The van der Waals surface area contributed by atoms with Crippen LogP contribution in [-0.2, 0) is 4.74 Å². The van der Waals surface area contributed by atoms with Gasteiger partial charge in [0.15, 0.2) is 0 Å². The molecule has 1 aromatic rings. The SMILES string of the molecule is O=C(NCC1CCOC1)c1ccc(Br)c(F)c1. The van der Waals surface area contributed by atoms with Crippen LogP contribution in [0.15, 0.2) is 22.7 Å². The number of rotatable bonds is 3. The first-order valence-electron chi connectivity index (χ1n) is 5.48. The molecule has 5 heteroatoms. The number of amides is 1. The molecule has 0 aromatic heterocycles. The molecule has 1 unspecified atom stereocenters. The summed E-state index contributed by atoms with van der Waals surface area (Å²) in [6, 6.07) is 4.35. The van der Waals surface area contributed by atoms with Gasteiger partial charge < -0.3 is 10.1 Å². The molecule has 0 radical (unpaired) electrons. The van der Waals surface area contributed by atoms with Gasteiger partial charge in [0, 0.05) is 24.6 Å². The van der Waals surface area contributed by atoms with Crippen molar-refractivity contribution in [3.63, 3.8) is 0 Å². The number of nitrogens with one attached hydrogen (secondary N) is 1. The average molecular weight is 302 g/mol. The van der Waals surface area contributed by atoms with Crippen molar-refractivity contribution >= 4 is 21.8 Å². The zero-order chi connectivity index (χ0) is 12.3. The second kappa shape index (κ2) is 5.60. The van der Waals surface area contributed by atoms with Crippen LogP contribution in [0, 0.1) is 11.7 Å². The Morgan fingerprint density at radius 3 is 3.06 bits per heavy atom. The third-order valence-corrected chi connectivity index (χ3v) is 3.40. The predicted molar refractivity (Wildman–Crippen MR) is 65.4 cm³/mol. The van der Waals surface area contributed by atoms with Crippen LogP contribution in [0.4, 0.5) is 4.39 Å². The van der Waals surface area contributed by atoms with Gasteiger partial charge in [0.1, 0.15) is 5.82 Å².